The van der Waals surface area contributed by atoms with Crippen LogP contribution in [0.5, 0.6) is 0 Å². The summed E-state index contributed by atoms with van der Waals surface area (Å²) in [6.45, 7) is 3.78. The average molecular weight is 209 g/mol. The normalized spacial score (nSPS) is 10.7. The molecule has 0 spiro atoms. The molecular formula is C12H15ClN. The molecule has 0 aromatic heterocycles. The summed E-state index contributed by atoms with van der Waals surface area (Å²) in [7, 11) is 0. The highest BCUT2D eigenvalue weighted by Crippen LogP contribution is 2.13. The first-order valence-corrected chi connectivity index (χ1v) is 5.17. The minimum Gasteiger partial charge on any atom is -0.362 e. The summed E-state index contributed by atoms with van der Waals surface area (Å²) < 4.78 is 0. The van der Waals surface area contributed by atoms with Crippen molar-refractivity contribution in [2.75, 3.05) is 5.32 Å². The number of allylic oxidation sites excluding steroid dienone is 1. The fourth-order valence-electron chi connectivity index (χ4n) is 1.05. The molecule has 75 valence electrons. The molecule has 1 radical (unpaired) electrons. The fourth-order valence-corrected chi connectivity index (χ4v) is 1.17. The topological polar surface area (TPSA) is 12.0 Å². The number of benzene rings is 1. The van der Waals surface area contributed by atoms with Crippen LogP contribution in [0.3, 0.4) is 0 Å². The molecule has 1 N–H and O–H groups in total. The smallest absolute Gasteiger partial charge is 0.0407 e. The number of nitrogens with one attached hydrogen (secondary N) is 1. The number of halogens is 1. The maximum Gasteiger partial charge on any atom is 0.0407 e. The van der Waals surface area contributed by atoms with Crippen LogP contribution in [0.25, 0.3) is 0 Å². The van der Waals surface area contributed by atoms with Crippen LogP contribution in [-0.4, -0.2) is 0 Å². The van der Waals surface area contributed by atoms with Crippen molar-refractivity contribution in [3.05, 3.63) is 48.5 Å². The van der Waals surface area contributed by atoms with E-state index in [2.05, 4.69) is 18.3 Å². The molecule has 1 rings (SSSR count). The van der Waals surface area contributed by atoms with E-state index in [1.807, 2.05) is 30.5 Å². The van der Waals surface area contributed by atoms with E-state index >= 15 is 0 Å². The van der Waals surface area contributed by atoms with E-state index in [1.54, 1.807) is 0 Å². The van der Waals surface area contributed by atoms with E-state index in [0.29, 0.717) is 0 Å². The van der Waals surface area contributed by atoms with Gasteiger partial charge in [0.2, 0.25) is 0 Å². The van der Waals surface area contributed by atoms with Crippen LogP contribution in [0.15, 0.2) is 36.5 Å². The molecule has 0 aliphatic heterocycles. The molecule has 0 heterocycles. The molecule has 1 nitrogen and oxygen atoms in total. The minimum atomic E-state index is 0.761. The van der Waals surface area contributed by atoms with E-state index in [-0.39, 0.29) is 0 Å². The Hall–Kier alpha value is -0.950. The summed E-state index contributed by atoms with van der Waals surface area (Å²) in [5.74, 6) is 0. The maximum atomic E-state index is 5.76. The second kappa shape index (κ2) is 6.50. The Balaban J connectivity index is 2.30. The zero-order valence-electron chi connectivity index (χ0n) is 8.17. The number of unbranched alkanes of at least 4 members (excludes halogenated alkanes) is 2. The van der Waals surface area contributed by atoms with Gasteiger partial charge >= 0.3 is 0 Å². The lowest BCUT2D eigenvalue weighted by molar-refractivity contribution is 0.865. The Morgan fingerprint density at radius 3 is 2.64 bits per heavy atom. The van der Waals surface area contributed by atoms with E-state index in [1.165, 1.54) is 0 Å². The predicted octanol–water partition coefficient (Wildman–Crippen LogP) is 4.27. The van der Waals surface area contributed by atoms with Gasteiger partial charge in [-0.3, -0.25) is 0 Å². The van der Waals surface area contributed by atoms with Gasteiger partial charge in [0.15, 0.2) is 0 Å². The minimum absolute atomic E-state index is 0.761. The van der Waals surface area contributed by atoms with Gasteiger partial charge in [0.25, 0.3) is 0 Å². The summed E-state index contributed by atoms with van der Waals surface area (Å²) in [6, 6.07) is 7.64. The molecule has 0 saturated heterocycles. The lowest BCUT2D eigenvalue weighted by Crippen LogP contribution is -1.85. The van der Waals surface area contributed by atoms with Crippen molar-refractivity contribution in [2.45, 2.75) is 19.3 Å². The second-order valence-electron chi connectivity index (χ2n) is 3.05. The molecular weight excluding hydrogens is 194 g/mol. The van der Waals surface area contributed by atoms with E-state index in [4.69, 9.17) is 11.6 Å². The highest BCUT2D eigenvalue weighted by Gasteiger charge is 1.87. The van der Waals surface area contributed by atoms with E-state index < -0.39 is 0 Å². The van der Waals surface area contributed by atoms with Gasteiger partial charge in [0.1, 0.15) is 0 Å². The summed E-state index contributed by atoms with van der Waals surface area (Å²) in [5.41, 5.74) is 1.06. The molecule has 0 bridgehead atoms. The molecule has 2 heteroatoms. The largest absolute Gasteiger partial charge is 0.362 e. The standard InChI is InChI=1S/C12H15ClN/c1-2-3-4-5-10-14-12-8-6-11(13)7-9-12/h5-10,14H,1-4H2/b10-5+. The van der Waals surface area contributed by atoms with E-state index in [9.17, 15) is 0 Å². The third-order valence-electron chi connectivity index (χ3n) is 1.83. The quantitative estimate of drug-likeness (QED) is 0.713. The monoisotopic (exact) mass is 208 g/mol. The van der Waals surface area contributed by atoms with Crippen molar-refractivity contribution >= 4 is 17.3 Å². The molecule has 1 aromatic rings. The Labute approximate surface area is 90.8 Å². The van der Waals surface area contributed by atoms with Crippen LogP contribution in [0.4, 0.5) is 5.69 Å². The summed E-state index contributed by atoms with van der Waals surface area (Å²) in [6.07, 6.45) is 7.27. The van der Waals surface area contributed by atoms with Crippen LogP contribution in [0.1, 0.15) is 19.3 Å². The zero-order valence-corrected chi connectivity index (χ0v) is 8.93. The number of hydrogen-bond acceptors (Lipinski definition) is 1. The van der Waals surface area contributed by atoms with Gasteiger partial charge in [-0.25, -0.2) is 0 Å². The van der Waals surface area contributed by atoms with Gasteiger partial charge < -0.3 is 5.32 Å². The van der Waals surface area contributed by atoms with Crippen molar-refractivity contribution in [1.82, 2.24) is 0 Å². The molecule has 0 aliphatic rings. The predicted molar refractivity (Wildman–Crippen MR) is 63.4 cm³/mol. The van der Waals surface area contributed by atoms with Crippen LogP contribution >= 0.6 is 11.6 Å². The molecule has 0 fully saturated rings. The van der Waals surface area contributed by atoms with Gasteiger partial charge in [-0.15, -0.1) is 0 Å². The number of hydrogen-bond donors (Lipinski definition) is 1. The highest BCUT2D eigenvalue weighted by atomic mass is 35.5. The molecule has 0 saturated carbocycles. The van der Waals surface area contributed by atoms with Crippen molar-refractivity contribution in [1.29, 1.82) is 0 Å². The molecule has 0 aliphatic carbocycles. The maximum absolute atomic E-state index is 5.76. The lowest BCUT2D eigenvalue weighted by Gasteiger charge is -1.99. The van der Waals surface area contributed by atoms with E-state index in [0.717, 1.165) is 30.0 Å². The van der Waals surface area contributed by atoms with Gasteiger partial charge in [0.05, 0.1) is 0 Å². The average Bonchev–Trinajstić information content (AvgIpc) is 2.21. The molecule has 0 atom stereocenters. The zero-order chi connectivity index (χ0) is 10.2. The fraction of sp³-hybridized carbons (Fsp3) is 0.250. The van der Waals surface area contributed by atoms with Crippen LogP contribution in [0.2, 0.25) is 5.02 Å². The first-order valence-electron chi connectivity index (χ1n) is 4.79. The van der Waals surface area contributed by atoms with Gasteiger partial charge in [-0.2, -0.15) is 0 Å². The first kappa shape index (κ1) is 11.1. The Kier molecular flexibility index (Phi) is 5.16. The summed E-state index contributed by atoms with van der Waals surface area (Å²) in [5, 5.41) is 3.93. The van der Waals surface area contributed by atoms with Crippen LogP contribution in [-0.2, 0) is 0 Å². The Morgan fingerprint density at radius 2 is 2.00 bits per heavy atom. The Bertz CT molecular complexity index is 277. The summed E-state index contributed by atoms with van der Waals surface area (Å²) >= 11 is 5.76. The number of anilines is 1. The van der Waals surface area contributed by atoms with Crippen molar-refractivity contribution in [3.8, 4) is 0 Å². The molecule has 0 amide bonds. The summed E-state index contributed by atoms with van der Waals surface area (Å²) in [4.78, 5) is 0. The van der Waals surface area contributed by atoms with Crippen molar-refractivity contribution < 1.29 is 0 Å². The Morgan fingerprint density at radius 1 is 1.29 bits per heavy atom. The highest BCUT2D eigenvalue weighted by molar-refractivity contribution is 6.30. The third-order valence-corrected chi connectivity index (χ3v) is 2.08. The van der Waals surface area contributed by atoms with Crippen LogP contribution < -0.4 is 5.32 Å². The van der Waals surface area contributed by atoms with Crippen molar-refractivity contribution in [2.24, 2.45) is 0 Å². The molecule has 1 aromatic carbocycles. The second-order valence-corrected chi connectivity index (χ2v) is 3.49. The molecule has 0 unspecified atom stereocenters. The van der Waals surface area contributed by atoms with Crippen LogP contribution in [0, 0.1) is 6.92 Å². The molecule has 14 heavy (non-hydrogen) atoms. The first-order chi connectivity index (χ1) is 6.83. The van der Waals surface area contributed by atoms with Gasteiger partial charge in [0, 0.05) is 10.7 Å². The van der Waals surface area contributed by atoms with Gasteiger partial charge in [-0.05, 0) is 43.3 Å². The SMILES string of the molecule is [CH2]CCC/C=C/Nc1ccc(Cl)cc1. The van der Waals surface area contributed by atoms with Crippen molar-refractivity contribution in [3.63, 3.8) is 0 Å². The number of rotatable bonds is 5. The third kappa shape index (κ3) is 4.33. The lowest BCUT2D eigenvalue weighted by atomic mass is 10.2. The van der Waals surface area contributed by atoms with Gasteiger partial charge in [-0.1, -0.05) is 31.0 Å².